The number of anilines is 3. The van der Waals surface area contributed by atoms with Crippen molar-refractivity contribution in [2.24, 2.45) is 4.99 Å². The molecule has 0 radical (unpaired) electrons. The number of nitrogen functional groups attached to an aromatic ring is 2. The molecule has 0 saturated heterocycles. The summed E-state index contributed by atoms with van der Waals surface area (Å²) in [6.45, 7) is 3.86. The SMILES string of the molecule is Cc1ccccc1/N=C\N(C=O)c1cccc(-c2ccc(C#N)c(N)c2N)c1C. The highest BCUT2D eigenvalue weighted by Gasteiger charge is 2.15. The molecule has 0 heterocycles. The van der Waals surface area contributed by atoms with Crippen LogP contribution in [0.25, 0.3) is 11.1 Å². The Morgan fingerprint density at radius 2 is 1.72 bits per heavy atom. The number of carbonyl (C=O) groups is 1. The lowest BCUT2D eigenvalue weighted by Gasteiger charge is -2.19. The number of aliphatic imine (C=N–C) groups is 1. The highest BCUT2D eigenvalue weighted by Crippen LogP contribution is 2.37. The summed E-state index contributed by atoms with van der Waals surface area (Å²) < 4.78 is 0. The average Bonchev–Trinajstić information content (AvgIpc) is 2.73. The molecule has 0 aromatic heterocycles. The van der Waals surface area contributed by atoms with Crippen LogP contribution in [0.15, 0.2) is 59.6 Å². The molecule has 4 N–H and O–H groups in total. The molecule has 0 saturated carbocycles. The van der Waals surface area contributed by atoms with Crippen LogP contribution in [0.4, 0.5) is 22.7 Å². The second-order valence-corrected chi connectivity index (χ2v) is 6.59. The summed E-state index contributed by atoms with van der Waals surface area (Å²) in [4.78, 5) is 17.6. The summed E-state index contributed by atoms with van der Waals surface area (Å²) in [5.41, 5.74) is 18.0. The number of aryl methyl sites for hydroxylation is 1. The van der Waals surface area contributed by atoms with Crippen LogP contribution in [-0.4, -0.2) is 12.7 Å². The molecule has 29 heavy (non-hydrogen) atoms. The standard InChI is InChI=1S/C23H21N5O/c1-15-6-3-4-8-20(15)27-13-28(14-29)21-9-5-7-18(16(21)2)19-11-10-17(12-24)22(25)23(19)26/h3-11,13-14H,25-26H2,1-2H3/b27-13-. The average molecular weight is 383 g/mol. The van der Waals surface area contributed by atoms with E-state index in [1.807, 2.05) is 62.4 Å². The zero-order chi connectivity index (χ0) is 21.0. The first-order valence-corrected chi connectivity index (χ1v) is 8.99. The number of nitrogens with zero attached hydrogens (tertiary/aromatic N) is 3. The van der Waals surface area contributed by atoms with Crippen LogP contribution >= 0.6 is 0 Å². The molecule has 0 unspecified atom stereocenters. The maximum absolute atomic E-state index is 11.8. The van der Waals surface area contributed by atoms with Crippen LogP contribution < -0.4 is 16.4 Å². The second kappa shape index (κ2) is 8.28. The minimum Gasteiger partial charge on any atom is -0.397 e. The molecule has 3 aromatic rings. The van der Waals surface area contributed by atoms with E-state index in [-0.39, 0.29) is 5.69 Å². The first-order chi connectivity index (χ1) is 14.0. The van der Waals surface area contributed by atoms with Crippen molar-refractivity contribution in [1.82, 2.24) is 0 Å². The number of rotatable bonds is 5. The molecule has 6 heteroatoms. The molecule has 144 valence electrons. The van der Waals surface area contributed by atoms with E-state index in [0.717, 1.165) is 22.4 Å². The van der Waals surface area contributed by atoms with Gasteiger partial charge in [0.25, 0.3) is 0 Å². The molecule has 0 spiro atoms. The fourth-order valence-corrected chi connectivity index (χ4v) is 3.14. The summed E-state index contributed by atoms with van der Waals surface area (Å²) in [6.07, 6.45) is 2.21. The molecular weight excluding hydrogens is 362 g/mol. The van der Waals surface area contributed by atoms with E-state index in [2.05, 4.69) is 4.99 Å². The van der Waals surface area contributed by atoms with Crippen LogP contribution in [0.2, 0.25) is 0 Å². The van der Waals surface area contributed by atoms with Crippen LogP contribution in [0.1, 0.15) is 16.7 Å². The molecule has 0 aliphatic rings. The van der Waals surface area contributed by atoms with Crippen molar-refractivity contribution < 1.29 is 4.79 Å². The molecule has 0 fully saturated rings. The highest BCUT2D eigenvalue weighted by molar-refractivity contribution is 6.01. The normalized spacial score (nSPS) is 10.7. The molecule has 3 rings (SSSR count). The topological polar surface area (TPSA) is 108 Å². The van der Waals surface area contributed by atoms with Gasteiger partial charge >= 0.3 is 0 Å². The Kier molecular flexibility index (Phi) is 5.61. The van der Waals surface area contributed by atoms with E-state index in [9.17, 15) is 4.79 Å². The molecular formula is C23H21N5O. The number of benzene rings is 3. The fourth-order valence-electron chi connectivity index (χ4n) is 3.14. The van der Waals surface area contributed by atoms with Crippen molar-refractivity contribution in [3.05, 3.63) is 71.3 Å². The number of hydrogen-bond acceptors (Lipinski definition) is 5. The van der Waals surface area contributed by atoms with Gasteiger partial charge in [-0.3, -0.25) is 9.69 Å². The molecule has 0 atom stereocenters. The first-order valence-electron chi connectivity index (χ1n) is 8.99. The van der Waals surface area contributed by atoms with Crippen molar-refractivity contribution in [2.45, 2.75) is 13.8 Å². The van der Waals surface area contributed by atoms with E-state index in [4.69, 9.17) is 16.7 Å². The number of amides is 1. The minimum absolute atomic E-state index is 0.253. The van der Waals surface area contributed by atoms with Gasteiger partial charge in [0, 0.05) is 5.56 Å². The monoisotopic (exact) mass is 383 g/mol. The lowest BCUT2D eigenvalue weighted by Crippen LogP contribution is -2.19. The van der Waals surface area contributed by atoms with Crippen LogP contribution in [-0.2, 0) is 4.79 Å². The zero-order valence-corrected chi connectivity index (χ0v) is 16.3. The molecule has 0 bridgehead atoms. The third kappa shape index (κ3) is 3.80. The summed E-state index contributed by atoms with van der Waals surface area (Å²) in [7, 11) is 0. The van der Waals surface area contributed by atoms with E-state index in [1.54, 1.807) is 12.1 Å². The van der Waals surface area contributed by atoms with Gasteiger partial charge in [0.15, 0.2) is 0 Å². The maximum atomic E-state index is 11.8. The predicted octanol–water partition coefficient (Wildman–Crippen LogP) is 4.33. The number of nitrogens with two attached hydrogens (primary N) is 2. The summed E-state index contributed by atoms with van der Waals surface area (Å²) in [5, 5.41) is 9.13. The summed E-state index contributed by atoms with van der Waals surface area (Å²) in [5.74, 6) is 0. The van der Waals surface area contributed by atoms with Crippen LogP contribution in [0.5, 0.6) is 0 Å². The van der Waals surface area contributed by atoms with E-state index < -0.39 is 0 Å². The van der Waals surface area contributed by atoms with Gasteiger partial charge in [0.2, 0.25) is 6.41 Å². The maximum Gasteiger partial charge on any atom is 0.219 e. The summed E-state index contributed by atoms with van der Waals surface area (Å²) in [6, 6.07) is 18.7. The minimum atomic E-state index is 0.253. The van der Waals surface area contributed by atoms with Gasteiger partial charge in [-0.15, -0.1) is 0 Å². The smallest absolute Gasteiger partial charge is 0.219 e. The van der Waals surface area contributed by atoms with Crippen LogP contribution in [0, 0.1) is 25.2 Å². The Morgan fingerprint density at radius 1 is 0.966 bits per heavy atom. The van der Waals surface area contributed by atoms with Gasteiger partial charge in [0.1, 0.15) is 12.4 Å². The number of nitriles is 1. The van der Waals surface area contributed by atoms with Gasteiger partial charge in [-0.2, -0.15) is 5.26 Å². The third-order valence-electron chi connectivity index (χ3n) is 4.83. The lowest BCUT2D eigenvalue weighted by molar-refractivity contribution is -0.106. The second-order valence-electron chi connectivity index (χ2n) is 6.59. The Bertz CT molecular complexity index is 1140. The van der Waals surface area contributed by atoms with Crippen molar-refractivity contribution in [2.75, 3.05) is 16.4 Å². The van der Waals surface area contributed by atoms with Crippen molar-refractivity contribution in [3.8, 4) is 17.2 Å². The molecule has 1 amide bonds. The Morgan fingerprint density at radius 3 is 2.41 bits per heavy atom. The van der Waals surface area contributed by atoms with E-state index in [0.29, 0.717) is 28.9 Å². The van der Waals surface area contributed by atoms with Gasteiger partial charge < -0.3 is 11.5 Å². The molecule has 3 aromatic carbocycles. The Labute approximate surface area is 169 Å². The number of hydrogen-bond donors (Lipinski definition) is 2. The van der Waals surface area contributed by atoms with Crippen molar-refractivity contribution >= 4 is 35.5 Å². The Balaban J connectivity index is 2.04. The quantitative estimate of drug-likeness (QED) is 0.296. The Hall–Kier alpha value is -4.11. The molecule has 6 nitrogen and oxygen atoms in total. The van der Waals surface area contributed by atoms with Crippen LogP contribution in [0.3, 0.4) is 0 Å². The van der Waals surface area contributed by atoms with Gasteiger partial charge in [-0.25, -0.2) is 4.99 Å². The number of para-hydroxylation sites is 1. The molecule has 0 aliphatic carbocycles. The van der Waals surface area contributed by atoms with Gasteiger partial charge in [0.05, 0.1) is 28.3 Å². The van der Waals surface area contributed by atoms with E-state index >= 15 is 0 Å². The van der Waals surface area contributed by atoms with Crippen molar-refractivity contribution in [1.29, 1.82) is 5.26 Å². The third-order valence-corrected chi connectivity index (χ3v) is 4.83. The highest BCUT2D eigenvalue weighted by atomic mass is 16.1. The van der Waals surface area contributed by atoms with Gasteiger partial charge in [-0.1, -0.05) is 36.4 Å². The summed E-state index contributed by atoms with van der Waals surface area (Å²) >= 11 is 0. The largest absolute Gasteiger partial charge is 0.397 e. The first kappa shape index (κ1) is 19.6. The van der Waals surface area contributed by atoms with Gasteiger partial charge in [-0.05, 0) is 48.7 Å². The molecule has 0 aliphatic heterocycles. The zero-order valence-electron chi connectivity index (χ0n) is 16.3. The van der Waals surface area contributed by atoms with Crippen molar-refractivity contribution in [3.63, 3.8) is 0 Å². The fraction of sp³-hybridized carbons (Fsp3) is 0.0870. The lowest BCUT2D eigenvalue weighted by atomic mass is 9.95. The number of carbonyl (C=O) groups excluding carboxylic acids is 1. The predicted molar refractivity (Wildman–Crippen MR) is 118 cm³/mol. The van der Waals surface area contributed by atoms with E-state index in [1.165, 1.54) is 11.2 Å².